The third-order valence-corrected chi connectivity index (χ3v) is 6.67. The fraction of sp³-hybridized carbons (Fsp3) is 0.400. The minimum atomic E-state index is -0.272. The van der Waals surface area contributed by atoms with Crippen LogP contribution in [0.5, 0.6) is 11.5 Å². The second-order valence-electron chi connectivity index (χ2n) is 8.87. The molecule has 0 bridgehead atoms. The predicted molar refractivity (Wildman–Crippen MR) is 124 cm³/mol. The van der Waals surface area contributed by atoms with Gasteiger partial charge in [0.1, 0.15) is 23.9 Å². The summed E-state index contributed by atoms with van der Waals surface area (Å²) in [5.74, 6) is 3.18. The van der Waals surface area contributed by atoms with Gasteiger partial charge in [-0.2, -0.15) is 5.10 Å². The van der Waals surface area contributed by atoms with Gasteiger partial charge in [-0.15, -0.1) is 0 Å². The van der Waals surface area contributed by atoms with Crippen LogP contribution < -0.4 is 14.8 Å². The van der Waals surface area contributed by atoms with Crippen LogP contribution in [-0.2, 0) is 24.3 Å². The van der Waals surface area contributed by atoms with Crippen LogP contribution in [0.2, 0.25) is 0 Å². The lowest BCUT2D eigenvalue weighted by atomic mass is 9.84. The summed E-state index contributed by atoms with van der Waals surface area (Å²) in [6.45, 7) is 2.94. The molecule has 0 unspecified atom stereocenters. The van der Waals surface area contributed by atoms with E-state index in [1.807, 2.05) is 36.4 Å². The summed E-state index contributed by atoms with van der Waals surface area (Å²) < 4.78 is 12.3. The number of methoxy groups -OCH3 is 2. The van der Waals surface area contributed by atoms with Crippen LogP contribution in [-0.4, -0.2) is 58.4 Å². The monoisotopic (exact) mass is 447 g/mol. The van der Waals surface area contributed by atoms with Crippen molar-refractivity contribution in [3.05, 3.63) is 59.9 Å². The fourth-order valence-corrected chi connectivity index (χ4v) is 4.74. The number of nitrogens with one attached hydrogen (secondary N) is 1. The third-order valence-electron chi connectivity index (χ3n) is 6.67. The Balaban J connectivity index is 1.29. The van der Waals surface area contributed by atoms with Gasteiger partial charge in [0.05, 0.1) is 14.2 Å². The summed E-state index contributed by atoms with van der Waals surface area (Å²) in [6.07, 6.45) is 2.47. The minimum absolute atomic E-state index is 0.00327. The first kappa shape index (κ1) is 21.5. The first-order valence-electron chi connectivity index (χ1n) is 11.3. The average Bonchev–Trinajstić information content (AvgIpc) is 3.17. The number of carbonyl (C=O) groups is 1. The lowest BCUT2D eigenvalue weighted by Gasteiger charge is -2.41. The molecule has 172 valence electrons. The predicted octanol–water partition coefficient (Wildman–Crippen LogP) is 2.67. The highest BCUT2D eigenvalue weighted by Crippen LogP contribution is 2.30. The van der Waals surface area contributed by atoms with E-state index in [0.717, 1.165) is 55.4 Å². The van der Waals surface area contributed by atoms with Gasteiger partial charge in [-0.05, 0) is 54.8 Å². The van der Waals surface area contributed by atoms with Crippen LogP contribution in [0.3, 0.4) is 0 Å². The summed E-state index contributed by atoms with van der Waals surface area (Å²) in [5.41, 5.74) is 1.91. The minimum Gasteiger partial charge on any atom is -0.497 e. The molecule has 3 heterocycles. The summed E-state index contributed by atoms with van der Waals surface area (Å²) in [5, 5.41) is 7.93. The maximum atomic E-state index is 12.7. The zero-order valence-corrected chi connectivity index (χ0v) is 19.1. The van der Waals surface area contributed by atoms with Crippen LogP contribution in [0.1, 0.15) is 24.2 Å². The molecule has 0 saturated carbocycles. The normalized spacial score (nSPS) is 17.8. The molecule has 1 spiro atoms. The molecule has 8 nitrogen and oxygen atoms in total. The van der Waals surface area contributed by atoms with Crippen LogP contribution in [0.25, 0.3) is 11.4 Å². The lowest BCUT2D eigenvalue weighted by Crippen LogP contribution is -2.56. The highest BCUT2D eigenvalue weighted by molar-refractivity contribution is 5.77. The van der Waals surface area contributed by atoms with Crippen molar-refractivity contribution in [1.29, 1.82) is 0 Å². The average molecular weight is 448 g/mol. The molecule has 2 aromatic carbocycles. The lowest BCUT2D eigenvalue weighted by molar-refractivity contribution is -0.123. The molecule has 33 heavy (non-hydrogen) atoms. The Kier molecular flexibility index (Phi) is 5.76. The smallest absolute Gasteiger partial charge is 0.242 e. The molecule has 5 rings (SSSR count). The molecule has 1 N–H and O–H groups in total. The number of likely N-dealkylation sites (tertiary alicyclic amines) is 1. The van der Waals surface area contributed by atoms with E-state index in [-0.39, 0.29) is 18.0 Å². The van der Waals surface area contributed by atoms with E-state index < -0.39 is 0 Å². The van der Waals surface area contributed by atoms with Gasteiger partial charge in [-0.25, -0.2) is 9.67 Å². The molecule has 0 aliphatic carbocycles. The quantitative estimate of drug-likeness (QED) is 0.648. The molecular weight excluding hydrogens is 418 g/mol. The van der Waals surface area contributed by atoms with Crippen molar-refractivity contribution in [2.24, 2.45) is 0 Å². The molecule has 2 aliphatic heterocycles. The number of amides is 1. The van der Waals surface area contributed by atoms with Crippen molar-refractivity contribution >= 4 is 5.91 Å². The third kappa shape index (κ3) is 4.57. The van der Waals surface area contributed by atoms with Gasteiger partial charge in [0, 0.05) is 37.2 Å². The highest BCUT2D eigenvalue weighted by Gasteiger charge is 2.39. The van der Waals surface area contributed by atoms with E-state index >= 15 is 0 Å². The Morgan fingerprint density at radius 3 is 2.24 bits per heavy atom. The summed E-state index contributed by atoms with van der Waals surface area (Å²) >= 11 is 0. The second kappa shape index (κ2) is 8.86. The largest absolute Gasteiger partial charge is 0.497 e. The van der Waals surface area contributed by atoms with Gasteiger partial charge in [-0.3, -0.25) is 9.69 Å². The summed E-state index contributed by atoms with van der Waals surface area (Å²) in [4.78, 5) is 20.0. The number of piperidine rings is 1. The zero-order chi connectivity index (χ0) is 22.8. The number of ether oxygens (including phenoxy) is 2. The van der Waals surface area contributed by atoms with E-state index in [9.17, 15) is 4.79 Å². The standard InChI is InChI=1S/C25H29N5O3/c1-32-20-7-3-18(4-8-20)16-29-13-11-25(12-14-29)15-22-26-24(28-30(22)17-23(31)27-25)19-5-9-21(33-2)10-6-19/h3-10H,11-17H2,1-2H3,(H,27,31). The van der Waals surface area contributed by atoms with Gasteiger partial charge < -0.3 is 14.8 Å². The second-order valence-corrected chi connectivity index (χ2v) is 8.87. The van der Waals surface area contributed by atoms with Gasteiger partial charge in [0.2, 0.25) is 5.91 Å². The topological polar surface area (TPSA) is 81.5 Å². The summed E-state index contributed by atoms with van der Waals surface area (Å²) in [7, 11) is 3.33. The molecule has 1 amide bonds. The maximum Gasteiger partial charge on any atom is 0.242 e. The van der Waals surface area contributed by atoms with Crippen LogP contribution in [0.15, 0.2) is 48.5 Å². The molecule has 0 atom stereocenters. The fourth-order valence-electron chi connectivity index (χ4n) is 4.74. The number of carbonyl (C=O) groups excluding carboxylic acids is 1. The van der Waals surface area contributed by atoms with E-state index in [2.05, 4.69) is 27.4 Å². The number of benzene rings is 2. The SMILES string of the molecule is COc1ccc(CN2CCC3(CC2)Cc2nc(-c4ccc(OC)cc4)nn2CC(=O)N3)cc1. The molecule has 1 aromatic heterocycles. The van der Waals surface area contributed by atoms with Gasteiger partial charge >= 0.3 is 0 Å². The Morgan fingerprint density at radius 2 is 1.61 bits per heavy atom. The van der Waals surface area contributed by atoms with E-state index in [4.69, 9.17) is 14.5 Å². The Bertz CT molecular complexity index is 1120. The molecule has 2 aliphatic rings. The molecule has 3 aromatic rings. The number of hydrogen-bond donors (Lipinski definition) is 1. The maximum absolute atomic E-state index is 12.7. The van der Waals surface area contributed by atoms with Gasteiger partial charge in [0.15, 0.2) is 5.82 Å². The van der Waals surface area contributed by atoms with Gasteiger partial charge in [-0.1, -0.05) is 12.1 Å². The van der Waals surface area contributed by atoms with Crippen molar-refractivity contribution in [2.75, 3.05) is 27.3 Å². The Hall–Kier alpha value is -3.39. The number of nitrogens with zero attached hydrogens (tertiary/aromatic N) is 4. The van der Waals surface area contributed by atoms with E-state index in [0.29, 0.717) is 12.2 Å². The molecular formula is C25H29N5O3. The Labute approximate surface area is 193 Å². The molecule has 1 fully saturated rings. The van der Waals surface area contributed by atoms with Crippen molar-refractivity contribution in [2.45, 2.75) is 37.9 Å². The van der Waals surface area contributed by atoms with Crippen molar-refractivity contribution in [3.8, 4) is 22.9 Å². The van der Waals surface area contributed by atoms with E-state index in [1.54, 1.807) is 18.9 Å². The molecule has 0 radical (unpaired) electrons. The molecule has 8 heteroatoms. The van der Waals surface area contributed by atoms with Crippen molar-refractivity contribution < 1.29 is 14.3 Å². The number of aromatic nitrogens is 3. The number of hydrogen-bond acceptors (Lipinski definition) is 6. The number of fused-ring (bicyclic) bond motifs is 1. The zero-order valence-electron chi connectivity index (χ0n) is 19.1. The first-order valence-corrected chi connectivity index (χ1v) is 11.3. The van der Waals surface area contributed by atoms with Gasteiger partial charge in [0.25, 0.3) is 0 Å². The highest BCUT2D eigenvalue weighted by atomic mass is 16.5. The van der Waals surface area contributed by atoms with Crippen LogP contribution in [0, 0.1) is 0 Å². The summed E-state index contributed by atoms with van der Waals surface area (Å²) in [6, 6.07) is 15.9. The number of rotatable bonds is 5. The molecule has 1 saturated heterocycles. The first-order chi connectivity index (χ1) is 16.1. The van der Waals surface area contributed by atoms with E-state index in [1.165, 1.54) is 5.56 Å². The van der Waals surface area contributed by atoms with Crippen LogP contribution >= 0.6 is 0 Å². The van der Waals surface area contributed by atoms with Crippen molar-refractivity contribution in [1.82, 2.24) is 25.0 Å². The van der Waals surface area contributed by atoms with Crippen molar-refractivity contribution in [3.63, 3.8) is 0 Å². The van der Waals surface area contributed by atoms with Crippen LogP contribution in [0.4, 0.5) is 0 Å². The Morgan fingerprint density at radius 1 is 0.970 bits per heavy atom.